The standard InChI is InChI=1S/C10H22N2/c1-4-11-9-12-8-6-5-7-10(2)3/h9-10H,4-8H2,1-3H3,(H,11,12). The molecular weight excluding hydrogens is 148 g/mol. The molecule has 0 rings (SSSR count). The van der Waals surface area contributed by atoms with Crippen molar-refractivity contribution in [3.63, 3.8) is 0 Å². The Hall–Kier alpha value is -0.530. The topological polar surface area (TPSA) is 24.4 Å². The molecule has 72 valence electrons. The molecule has 0 bridgehead atoms. The van der Waals surface area contributed by atoms with Crippen molar-refractivity contribution in [2.24, 2.45) is 10.9 Å². The predicted molar refractivity (Wildman–Crippen MR) is 55.7 cm³/mol. The molecule has 0 aliphatic carbocycles. The fourth-order valence-electron chi connectivity index (χ4n) is 0.976. The number of unbranched alkanes of at least 4 members (excludes halogenated alkanes) is 1. The highest BCUT2D eigenvalue weighted by Crippen LogP contribution is 2.05. The Morgan fingerprint density at radius 3 is 2.67 bits per heavy atom. The lowest BCUT2D eigenvalue weighted by atomic mass is 10.1. The van der Waals surface area contributed by atoms with Gasteiger partial charge in [0.25, 0.3) is 0 Å². The van der Waals surface area contributed by atoms with Crippen LogP contribution in [0.5, 0.6) is 0 Å². The van der Waals surface area contributed by atoms with Crippen molar-refractivity contribution in [3.8, 4) is 0 Å². The van der Waals surface area contributed by atoms with Gasteiger partial charge >= 0.3 is 0 Å². The summed E-state index contributed by atoms with van der Waals surface area (Å²) in [5.41, 5.74) is 0. The summed E-state index contributed by atoms with van der Waals surface area (Å²) in [5, 5.41) is 3.06. The van der Waals surface area contributed by atoms with Gasteiger partial charge < -0.3 is 5.32 Å². The predicted octanol–water partition coefficient (Wildman–Crippen LogP) is 2.45. The Bertz CT molecular complexity index is 108. The Labute approximate surface area is 76.5 Å². The molecule has 0 aromatic heterocycles. The molecule has 12 heavy (non-hydrogen) atoms. The lowest BCUT2D eigenvalue weighted by Crippen LogP contribution is -2.09. The van der Waals surface area contributed by atoms with Crippen molar-refractivity contribution in [2.45, 2.75) is 40.0 Å². The zero-order chi connectivity index (χ0) is 9.23. The second-order valence-electron chi connectivity index (χ2n) is 3.48. The van der Waals surface area contributed by atoms with Crippen molar-refractivity contribution in [2.75, 3.05) is 13.1 Å². The van der Waals surface area contributed by atoms with Gasteiger partial charge in [0.2, 0.25) is 0 Å². The molecule has 0 amide bonds. The van der Waals surface area contributed by atoms with E-state index >= 15 is 0 Å². The summed E-state index contributed by atoms with van der Waals surface area (Å²) in [5.74, 6) is 0.836. The summed E-state index contributed by atoms with van der Waals surface area (Å²) in [6, 6.07) is 0. The van der Waals surface area contributed by atoms with Crippen LogP contribution in [-0.2, 0) is 0 Å². The van der Waals surface area contributed by atoms with Crippen molar-refractivity contribution in [1.82, 2.24) is 5.32 Å². The van der Waals surface area contributed by atoms with E-state index in [0.29, 0.717) is 0 Å². The molecule has 2 nitrogen and oxygen atoms in total. The molecule has 0 aliphatic rings. The maximum Gasteiger partial charge on any atom is 0.0823 e. The summed E-state index contributed by atoms with van der Waals surface area (Å²) in [7, 11) is 0. The van der Waals surface area contributed by atoms with Gasteiger partial charge in [-0.05, 0) is 19.3 Å². The summed E-state index contributed by atoms with van der Waals surface area (Å²) in [4.78, 5) is 4.22. The van der Waals surface area contributed by atoms with E-state index < -0.39 is 0 Å². The SMILES string of the molecule is CCNC=NCCCCC(C)C. The summed E-state index contributed by atoms with van der Waals surface area (Å²) >= 11 is 0. The zero-order valence-electron chi connectivity index (χ0n) is 8.64. The number of aliphatic imine (C=N–C) groups is 1. The molecule has 0 saturated heterocycles. The normalized spacial score (nSPS) is 11.3. The van der Waals surface area contributed by atoms with Gasteiger partial charge in [0.15, 0.2) is 0 Å². The lowest BCUT2D eigenvalue weighted by Gasteiger charge is -2.01. The summed E-state index contributed by atoms with van der Waals surface area (Å²) < 4.78 is 0. The lowest BCUT2D eigenvalue weighted by molar-refractivity contribution is 0.542. The van der Waals surface area contributed by atoms with Crippen molar-refractivity contribution in [3.05, 3.63) is 0 Å². The third kappa shape index (κ3) is 9.47. The Morgan fingerprint density at radius 2 is 2.08 bits per heavy atom. The number of rotatable bonds is 7. The van der Waals surface area contributed by atoms with Crippen LogP contribution >= 0.6 is 0 Å². The molecule has 2 heteroatoms. The van der Waals surface area contributed by atoms with Crippen LogP contribution in [0.2, 0.25) is 0 Å². The van der Waals surface area contributed by atoms with E-state index in [1.807, 2.05) is 6.34 Å². The molecule has 0 aromatic rings. The first-order chi connectivity index (χ1) is 5.77. The molecule has 1 N–H and O–H groups in total. The molecule has 0 radical (unpaired) electrons. The van der Waals surface area contributed by atoms with E-state index in [1.165, 1.54) is 19.3 Å². The third-order valence-electron chi connectivity index (χ3n) is 1.71. The third-order valence-corrected chi connectivity index (χ3v) is 1.71. The first-order valence-corrected chi connectivity index (χ1v) is 4.99. The van der Waals surface area contributed by atoms with E-state index in [0.717, 1.165) is 19.0 Å². The minimum atomic E-state index is 0.836. The van der Waals surface area contributed by atoms with Crippen molar-refractivity contribution < 1.29 is 0 Å². The fraction of sp³-hybridized carbons (Fsp3) is 0.900. The van der Waals surface area contributed by atoms with E-state index in [1.54, 1.807) is 0 Å². The average molecular weight is 170 g/mol. The van der Waals surface area contributed by atoms with Crippen LogP contribution in [0.15, 0.2) is 4.99 Å². The maximum absolute atomic E-state index is 4.22. The van der Waals surface area contributed by atoms with Gasteiger partial charge in [0.05, 0.1) is 6.34 Å². The number of hydrogen-bond donors (Lipinski definition) is 1. The van der Waals surface area contributed by atoms with Gasteiger partial charge in [-0.15, -0.1) is 0 Å². The smallest absolute Gasteiger partial charge is 0.0823 e. The van der Waals surface area contributed by atoms with Crippen LogP contribution < -0.4 is 5.32 Å². The molecule has 0 spiro atoms. The largest absolute Gasteiger partial charge is 0.377 e. The summed E-state index contributed by atoms with van der Waals surface area (Å²) in [6.45, 7) is 8.55. The Morgan fingerprint density at radius 1 is 1.33 bits per heavy atom. The molecule has 0 fully saturated rings. The molecule has 0 atom stereocenters. The minimum Gasteiger partial charge on any atom is -0.377 e. The molecule has 0 aromatic carbocycles. The van der Waals surface area contributed by atoms with Crippen LogP contribution in [0.1, 0.15) is 40.0 Å². The zero-order valence-corrected chi connectivity index (χ0v) is 8.64. The van der Waals surface area contributed by atoms with E-state index in [9.17, 15) is 0 Å². The molecule has 0 aliphatic heterocycles. The first kappa shape index (κ1) is 11.5. The maximum atomic E-state index is 4.22. The second kappa shape index (κ2) is 8.57. The molecule has 0 heterocycles. The van der Waals surface area contributed by atoms with Gasteiger partial charge in [0.1, 0.15) is 0 Å². The molecular formula is C10H22N2. The Balaban J connectivity index is 3.00. The molecule has 0 saturated carbocycles. The number of nitrogens with zero attached hydrogens (tertiary/aromatic N) is 1. The van der Waals surface area contributed by atoms with Gasteiger partial charge in [-0.1, -0.05) is 26.7 Å². The number of nitrogens with one attached hydrogen (secondary N) is 1. The van der Waals surface area contributed by atoms with E-state index in [2.05, 4.69) is 31.1 Å². The minimum absolute atomic E-state index is 0.836. The van der Waals surface area contributed by atoms with E-state index in [4.69, 9.17) is 0 Å². The Kier molecular flexibility index (Phi) is 8.19. The van der Waals surface area contributed by atoms with Gasteiger partial charge in [0, 0.05) is 13.1 Å². The monoisotopic (exact) mass is 170 g/mol. The number of hydrogen-bond acceptors (Lipinski definition) is 1. The molecule has 0 unspecified atom stereocenters. The average Bonchev–Trinajstić information content (AvgIpc) is 2.02. The van der Waals surface area contributed by atoms with Crippen LogP contribution in [0, 0.1) is 5.92 Å². The van der Waals surface area contributed by atoms with Crippen LogP contribution in [0.25, 0.3) is 0 Å². The van der Waals surface area contributed by atoms with Gasteiger partial charge in [-0.3, -0.25) is 4.99 Å². The van der Waals surface area contributed by atoms with Crippen molar-refractivity contribution >= 4 is 6.34 Å². The van der Waals surface area contributed by atoms with Crippen molar-refractivity contribution in [1.29, 1.82) is 0 Å². The highest BCUT2D eigenvalue weighted by molar-refractivity contribution is 5.53. The second-order valence-corrected chi connectivity index (χ2v) is 3.48. The fourth-order valence-corrected chi connectivity index (χ4v) is 0.976. The summed E-state index contributed by atoms with van der Waals surface area (Å²) in [6.07, 6.45) is 5.67. The van der Waals surface area contributed by atoms with E-state index in [-0.39, 0.29) is 0 Å². The van der Waals surface area contributed by atoms with Gasteiger partial charge in [-0.25, -0.2) is 0 Å². The highest BCUT2D eigenvalue weighted by Gasteiger charge is 1.92. The van der Waals surface area contributed by atoms with Crippen LogP contribution in [-0.4, -0.2) is 19.4 Å². The van der Waals surface area contributed by atoms with Crippen LogP contribution in [0.3, 0.4) is 0 Å². The van der Waals surface area contributed by atoms with Gasteiger partial charge in [-0.2, -0.15) is 0 Å². The highest BCUT2D eigenvalue weighted by atomic mass is 14.9. The quantitative estimate of drug-likeness (QED) is 0.354. The first-order valence-electron chi connectivity index (χ1n) is 4.99. The van der Waals surface area contributed by atoms with Crippen LogP contribution in [0.4, 0.5) is 0 Å².